The fourth-order valence-electron chi connectivity index (χ4n) is 1.00. The summed E-state index contributed by atoms with van der Waals surface area (Å²) in [7, 11) is 0. The lowest BCUT2D eigenvalue weighted by Crippen LogP contribution is -2.42. The second-order valence-corrected chi connectivity index (χ2v) is 4.96. The zero-order valence-electron chi connectivity index (χ0n) is 10.1. The molecule has 0 spiro atoms. The van der Waals surface area contributed by atoms with Crippen LogP contribution in [0.25, 0.3) is 0 Å². The summed E-state index contributed by atoms with van der Waals surface area (Å²) in [6.07, 6.45) is 1.83. The van der Waals surface area contributed by atoms with Gasteiger partial charge in [-0.25, -0.2) is 4.84 Å². The predicted molar refractivity (Wildman–Crippen MR) is 65.1 cm³/mol. The molecule has 0 aliphatic carbocycles. The maximum atomic E-state index is 10.9. The highest BCUT2D eigenvalue weighted by Crippen LogP contribution is 2.18. The summed E-state index contributed by atoms with van der Waals surface area (Å²) in [5.74, 6) is -0.515. The van der Waals surface area contributed by atoms with Crippen molar-refractivity contribution in [3.8, 4) is 0 Å². The molecule has 0 aliphatic rings. The molecule has 0 aromatic heterocycles. The van der Waals surface area contributed by atoms with Crippen LogP contribution in [-0.4, -0.2) is 24.7 Å². The molecule has 0 bridgehead atoms. The van der Waals surface area contributed by atoms with Crippen molar-refractivity contribution in [3.05, 3.63) is 11.8 Å². The van der Waals surface area contributed by atoms with Crippen LogP contribution < -0.4 is 10.2 Å². The first kappa shape index (κ1) is 15.1. The highest BCUT2D eigenvalue weighted by Gasteiger charge is 2.22. The smallest absolute Gasteiger partial charge is 0.222 e. The molecule has 4 nitrogen and oxygen atoms in total. The Morgan fingerprint density at radius 2 is 2.00 bits per heavy atom. The second kappa shape index (κ2) is 6.66. The van der Waals surface area contributed by atoms with Crippen molar-refractivity contribution < 1.29 is 9.59 Å². The third kappa shape index (κ3) is 5.28. The van der Waals surface area contributed by atoms with Crippen molar-refractivity contribution in [2.75, 3.05) is 6.54 Å². The Morgan fingerprint density at radius 3 is 2.38 bits per heavy atom. The average Bonchev–Trinajstić information content (AvgIpc) is 2.20. The molecule has 0 saturated carbocycles. The number of Topliss-reactive ketones (excluding diaryl/α,β-unsaturated/α-hetero) is 1. The number of hydrogen-bond donors (Lipinski definition) is 2. The molecule has 1 atom stereocenters. The van der Waals surface area contributed by atoms with E-state index in [1.54, 1.807) is 6.92 Å². The van der Waals surface area contributed by atoms with Crippen LogP contribution >= 0.6 is 11.8 Å². The molecule has 0 rings (SSSR count). The Kier molecular flexibility index (Phi) is 6.29. The molecular weight excluding hydrogens is 228 g/mol. The zero-order valence-corrected chi connectivity index (χ0v) is 10.9. The van der Waals surface area contributed by atoms with Crippen molar-refractivity contribution in [1.82, 2.24) is 10.2 Å². The largest absolute Gasteiger partial charge is 0.389 e. The Hall–Kier alpha value is -0.870. The van der Waals surface area contributed by atoms with E-state index in [4.69, 9.17) is 11.8 Å². The van der Waals surface area contributed by atoms with Gasteiger partial charge in [0.1, 0.15) is 0 Å². The summed E-state index contributed by atoms with van der Waals surface area (Å²) >= 11 is 5.62. The number of aldehydes is 1. The van der Waals surface area contributed by atoms with Crippen LogP contribution in [0.3, 0.4) is 0 Å². The third-order valence-electron chi connectivity index (χ3n) is 2.31. The highest BCUT2D eigenvalue weighted by atomic mass is 35.5. The molecule has 92 valence electrons. The molecule has 5 heteroatoms. The number of carbonyl (C=O) groups is 2. The lowest BCUT2D eigenvalue weighted by Gasteiger charge is -2.29. The standard InChI is InChI=1S/C11H19ClN2O2/c1-8(9(16)7-15)5-13-6-10(14-12)11(2,3)4/h5,7,10,13-14H,6H2,1-4H3/b8-5+. The van der Waals surface area contributed by atoms with Crippen LogP contribution in [0.1, 0.15) is 27.7 Å². The summed E-state index contributed by atoms with van der Waals surface area (Å²) in [6, 6.07) is 0.0598. The van der Waals surface area contributed by atoms with Gasteiger partial charge in [0.15, 0.2) is 6.29 Å². The number of hydrogen-bond acceptors (Lipinski definition) is 4. The summed E-state index contributed by atoms with van der Waals surface area (Å²) < 4.78 is 0. The van der Waals surface area contributed by atoms with Crippen molar-refractivity contribution in [3.63, 3.8) is 0 Å². The maximum Gasteiger partial charge on any atom is 0.222 e. The van der Waals surface area contributed by atoms with Gasteiger partial charge in [-0.1, -0.05) is 20.8 Å². The number of halogens is 1. The van der Waals surface area contributed by atoms with E-state index in [-0.39, 0.29) is 11.5 Å². The van der Waals surface area contributed by atoms with Gasteiger partial charge in [-0.3, -0.25) is 9.59 Å². The lowest BCUT2D eigenvalue weighted by molar-refractivity contribution is -0.127. The monoisotopic (exact) mass is 246 g/mol. The fraction of sp³-hybridized carbons (Fsp3) is 0.636. The number of carbonyl (C=O) groups excluding carboxylic acids is 2. The molecule has 0 amide bonds. The molecule has 0 fully saturated rings. The van der Waals surface area contributed by atoms with E-state index in [9.17, 15) is 9.59 Å². The van der Waals surface area contributed by atoms with Gasteiger partial charge in [-0.05, 0) is 24.1 Å². The number of ketones is 1. The Balaban J connectivity index is 4.24. The second-order valence-electron chi connectivity index (χ2n) is 4.75. The lowest BCUT2D eigenvalue weighted by atomic mass is 9.87. The van der Waals surface area contributed by atoms with E-state index in [0.717, 1.165) is 0 Å². The van der Waals surface area contributed by atoms with Crippen LogP contribution in [0.2, 0.25) is 0 Å². The Labute approximate surface area is 102 Å². The summed E-state index contributed by atoms with van der Waals surface area (Å²) in [6.45, 7) is 8.34. The SMILES string of the molecule is C/C(=C\NCC(NCl)C(C)(C)C)C(=O)C=O. The fourth-order valence-corrected chi connectivity index (χ4v) is 1.41. The average molecular weight is 247 g/mol. The molecule has 0 aliphatic heterocycles. The summed E-state index contributed by atoms with van der Waals surface area (Å²) in [5, 5.41) is 2.97. The van der Waals surface area contributed by atoms with Gasteiger partial charge in [0, 0.05) is 24.4 Å². The topological polar surface area (TPSA) is 58.2 Å². The van der Waals surface area contributed by atoms with Gasteiger partial charge >= 0.3 is 0 Å². The predicted octanol–water partition coefficient (Wildman–Crippen LogP) is 1.41. The van der Waals surface area contributed by atoms with E-state index in [1.807, 2.05) is 0 Å². The minimum Gasteiger partial charge on any atom is -0.389 e. The van der Waals surface area contributed by atoms with Gasteiger partial charge < -0.3 is 5.32 Å². The molecule has 0 heterocycles. The molecule has 0 radical (unpaired) electrons. The van der Waals surface area contributed by atoms with Crippen LogP contribution in [-0.2, 0) is 9.59 Å². The maximum absolute atomic E-state index is 10.9. The van der Waals surface area contributed by atoms with Gasteiger partial charge in [-0.15, -0.1) is 0 Å². The van der Waals surface area contributed by atoms with Crippen LogP contribution in [0.15, 0.2) is 11.8 Å². The van der Waals surface area contributed by atoms with E-state index in [0.29, 0.717) is 18.4 Å². The van der Waals surface area contributed by atoms with Gasteiger partial charge in [0.2, 0.25) is 5.78 Å². The molecular formula is C11H19ClN2O2. The summed E-state index contributed by atoms with van der Waals surface area (Å²) in [5.41, 5.74) is 0.391. The Bertz CT molecular complexity index is 282. The number of rotatable bonds is 6. The van der Waals surface area contributed by atoms with E-state index < -0.39 is 5.78 Å². The van der Waals surface area contributed by atoms with Crippen LogP contribution in [0.5, 0.6) is 0 Å². The Morgan fingerprint density at radius 1 is 1.44 bits per heavy atom. The van der Waals surface area contributed by atoms with Gasteiger partial charge in [-0.2, -0.15) is 0 Å². The highest BCUT2D eigenvalue weighted by molar-refractivity contribution is 6.32. The van der Waals surface area contributed by atoms with Crippen LogP contribution in [0, 0.1) is 5.41 Å². The minimum absolute atomic E-state index is 0.00512. The van der Waals surface area contributed by atoms with Crippen molar-refractivity contribution in [1.29, 1.82) is 0 Å². The quantitative estimate of drug-likeness (QED) is 0.322. The van der Waals surface area contributed by atoms with E-state index in [1.165, 1.54) is 6.20 Å². The first-order chi connectivity index (χ1) is 7.32. The van der Waals surface area contributed by atoms with Crippen molar-refractivity contribution in [2.24, 2.45) is 5.41 Å². The van der Waals surface area contributed by atoms with E-state index in [2.05, 4.69) is 30.9 Å². The summed E-state index contributed by atoms with van der Waals surface area (Å²) in [4.78, 5) is 23.8. The molecule has 0 aromatic carbocycles. The molecule has 16 heavy (non-hydrogen) atoms. The first-order valence-electron chi connectivity index (χ1n) is 5.08. The van der Waals surface area contributed by atoms with E-state index >= 15 is 0 Å². The number of nitrogens with one attached hydrogen (secondary N) is 2. The molecule has 0 aromatic rings. The van der Waals surface area contributed by atoms with Crippen molar-refractivity contribution >= 4 is 23.8 Å². The normalized spacial score (nSPS) is 14.4. The van der Waals surface area contributed by atoms with Gasteiger partial charge in [0.25, 0.3) is 0 Å². The van der Waals surface area contributed by atoms with Gasteiger partial charge in [0.05, 0.1) is 0 Å². The zero-order chi connectivity index (χ0) is 12.8. The minimum atomic E-state index is -0.515. The molecule has 1 unspecified atom stereocenters. The van der Waals surface area contributed by atoms with Crippen molar-refractivity contribution in [2.45, 2.75) is 33.7 Å². The molecule has 0 saturated heterocycles. The third-order valence-corrected chi connectivity index (χ3v) is 2.58. The van der Waals surface area contributed by atoms with Crippen LogP contribution in [0.4, 0.5) is 0 Å². The molecule has 2 N–H and O–H groups in total. The first-order valence-corrected chi connectivity index (χ1v) is 5.46. The number of allylic oxidation sites excluding steroid dienone is 1.